The molecule has 0 bridgehead atoms. The third-order valence-electron chi connectivity index (χ3n) is 4.06. The van der Waals surface area contributed by atoms with Gasteiger partial charge in [-0.3, -0.25) is 14.9 Å². The van der Waals surface area contributed by atoms with Gasteiger partial charge in [0, 0.05) is 12.5 Å². The van der Waals surface area contributed by atoms with E-state index in [1.807, 2.05) is 24.3 Å². The van der Waals surface area contributed by atoms with Gasteiger partial charge in [0.1, 0.15) is 5.69 Å². The van der Waals surface area contributed by atoms with Crippen LogP contribution >= 0.6 is 0 Å². The van der Waals surface area contributed by atoms with E-state index in [-0.39, 0.29) is 23.8 Å². The third kappa shape index (κ3) is 3.21. The number of carbonyl (C=O) groups excluding carboxylic acids is 1. The fourth-order valence-corrected chi connectivity index (χ4v) is 2.93. The zero-order valence-electron chi connectivity index (χ0n) is 12.8. The molecule has 1 aliphatic rings. The van der Waals surface area contributed by atoms with Crippen LogP contribution in [-0.4, -0.2) is 28.6 Å². The van der Waals surface area contributed by atoms with Gasteiger partial charge >= 0.3 is 0 Å². The quantitative estimate of drug-likeness (QED) is 0.573. The topological polar surface area (TPSA) is 104 Å². The molecule has 0 aliphatic heterocycles. The lowest BCUT2D eigenvalue weighted by molar-refractivity contribution is -0.383. The van der Waals surface area contributed by atoms with Gasteiger partial charge in [0.15, 0.2) is 0 Å². The maximum atomic E-state index is 12.2. The average Bonchev–Trinajstić information content (AvgIpc) is 2.89. The minimum Gasteiger partial charge on any atom is -0.390 e. The highest BCUT2D eigenvalue weighted by Crippen LogP contribution is 2.31. The number of nitrogens with one attached hydrogen (secondary N) is 2. The molecule has 1 aliphatic carbocycles. The molecular weight excluding hydrogens is 310 g/mol. The molecule has 3 rings (SSSR count). The van der Waals surface area contributed by atoms with Gasteiger partial charge in [-0.05, 0) is 17.2 Å². The zero-order valence-corrected chi connectivity index (χ0v) is 12.8. The highest BCUT2D eigenvalue weighted by molar-refractivity contribution is 5.82. The van der Waals surface area contributed by atoms with Crippen LogP contribution in [0.25, 0.3) is 0 Å². The van der Waals surface area contributed by atoms with Crippen molar-refractivity contribution in [2.45, 2.75) is 18.6 Å². The van der Waals surface area contributed by atoms with Crippen LogP contribution in [0, 0.1) is 10.1 Å². The number of para-hydroxylation sites is 2. The van der Waals surface area contributed by atoms with Crippen molar-refractivity contribution in [1.29, 1.82) is 0 Å². The van der Waals surface area contributed by atoms with Crippen LogP contribution in [-0.2, 0) is 11.2 Å². The number of benzene rings is 2. The fraction of sp³-hybridized carbons (Fsp3) is 0.235. The molecule has 7 heteroatoms. The molecular formula is C17H17N3O4. The standard InChI is InChI=1S/C17H17N3O4/c21-15-9-11-5-1-2-6-12(11)17(15)19-16(22)10-18-13-7-3-4-8-14(13)20(23)24/h1-8,15,17-18,21H,9-10H2,(H,19,22)/t15-,17+/m1/s1. The zero-order chi connectivity index (χ0) is 17.1. The minimum atomic E-state index is -0.669. The number of nitro benzene ring substituents is 1. The van der Waals surface area contributed by atoms with Gasteiger partial charge in [-0.1, -0.05) is 36.4 Å². The molecule has 2 atom stereocenters. The average molecular weight is 327 g/mol. The Hall–Kier alpha value is -2.93. The summed E-state index contributed by atoms with van der Waals surface area (Å²) in [6.07, 6.45) is -0.170. The van der Waals surface area contributed by atoms with Gasteiger partial charge in [0.2, 0.25) is 5.91 Å². The molecule has 0 fully saturated rings. The number of anilines is 1. The van der Waals surface area contributed by atoms with Crippen molar-refractivity contribution in [3.05, 3.63) is 69.8 Å². The first-order valence-electron chi connectivity index (χ1n) is 7.59. The lowest BCUT2D eigenvalue weighted by Gasteiger charge is -2.18. The van der Waals surface area contributed by atoms with Gasteiger partial charge < -0.3 is 15.7 Å². The Morgan fingerprint density at radius 1 is 1.21 bits per heavy atom. The Bertz CT molecular complexity index is 778. The maximum absolute atomic E-state index is 12.2. The maximum Gasteiger partial charge on any atom is 0.292 e. The predicted octanol–water partition coefficient (Wildman–Crippen LogP) is 1.78. The molecule has 7 nitrogen and oxygen atoms in total. The summed E-state index contributed by atoms with van der Waals surface area (Å²) in [5.41, 5.74) is 2.12. The van der Waals surface area contributed by atoms with Gasteiger partial charge in [0.25, 0.3) is 5.69 Å². The van der Waals surface area contributed by atoms with E-state index < -0.39 is 17.1 Å². The number of carbonyl (C=O) groups is 1. The third-order valence-corrected chi connectivity index (χ3v) is 4.06. The van der Waals surface area contributed by atoms with Crippen LogP contribution < -0.4 is 10.6 Å². The van der Waals surface area contributed by atoms with Crippen molar-refractivity contribution >= 4 is 17.3 Å². The predicted molar refractivity (Wildman–Crippen MR) is 88.6 cm³/mol. The van der Waals surface area contributed by atoms with Crippen molar-refractivity contribution in [2.75, 3.05) is 11.9 Å². The molecule has 0 radical (unpaired) electrons. The van der Waals surface area contributed by atoms with E-state index in [0.29, 0.717) is 6.42 Å². The molecule has 124 valence electrons. The molecule has 2 aromatic carbocycles. The summed E-state index contributed by atoms with van der Waals surface area (Å²) >= 11 is 0. The SMILES string of the molecule is O=C(CNc1ccccc1[N+](=O)[O-])N[C@H]1c2ccccc2C[C@H]1O. The molecule has 0 saturated carbocycles. The van der Waals surface area contributed by atoms with E-state index in [1.165, 1.54) is 6.07 Å². The summed E-state index contributed by atoms with van der Waals surface area (Å²) < 4.78 is 0. The number of hydrogen-bond donors (Lipinski definition) is 3. The molecule has 0 saturated heterocycles. The summed E-state index contributed by atoms with van der Waals surface area (Å²) in [6.45, 7) is -0.115. The number of aliphatic hydroxyl groups excluding tert-OH is 1. The van der Waals surface area contributed by atoms with Crippen molar-refractivity contribution in [3.63, 3.8) is 0 Å². The van der Waals surface area contributed by atoms with E-state index in [4.69, 9.17) is 0 Å². The van der Waals surface area contributed by atoms with Crippen molar-refractivity contribution in [1.82, 2.24) is 5.32 Å². The summed E-state index contributed by atoms with van der Waals surface area (Å²) in [5.74, 6) is -0.339. The lowest BCUT2D eigenvalue weighted by atomic mass is 10.1. The summed E-state index contributed by atoms with van der Waals surface area (Å²) in [6, 6.07) is 13.2. The van der Waals surface area contributed by atoms with Crippen LogP contribution in [0.2, 0.25) is 0 Å². The Morgan fingerprint density at radius 2 is 1.92 bits per heavy atom. The largest absolute Gasteiger partial charge is 0.390 e. The molecule has 1 amide bonds. The molecule has 3 N–H and O–H groups in total. The van der Waals surface area contributed by atoms with E-state index in [0.717, 1.165) is 11.1 Å². The lowest BCUT2D eigenvalue weighted by Crippen LogP contribution is -2.37. The Balaban J connectivity index is 1.64. The number of amides is 1. The van der Waals surface area contributed by atoms with E-state index in [1.54, 1.807) is 18.2 Å². The summed E-state index contributed by atoms with van der Waals surface area (Å²) in [7, 11) is 0. The number of nitrogens with zero attached hydrogens (tertiary/aromatic N) is 1. The number of rotatable bonds is 5. The van der Waals surface area contributed by atoms with Gasteiger partial charge in [-0.2, -0.15) is 0 Å². The van der Waals surface area contributed by atoms with Crippen LogP contribution in [0.3, 0.4) is 0 Å². The first-order valence-corrected chi connectivity index (χ1v) is 7.59. The summed E-state index contributed by atoms with van der Waals surface area (Å²) in [4.78, 5) is 22.6. The Morgan fingerprint density at radius 3 is 2.71 bits per heavy atom. The molecule has 0 heterocycles. The number of nitro groups is 1. The minimum absolute atomic E-state index is 0.0865. The fourth-order valence-electron chi connectivity index (χ4n) is 2.93. The second kappa shape index (κ2) is 6.67. The molecule has 0 spiro atoms. The number of aliphatic hydroxyl groups is 1. The normalized spacial score (nSPS) is 18.7. The monoisotopic (exact) mass is 327 g/mol. The number of fused-ring (bicyclic) bond motifs is 1. The van der Waals surface area contributed by atoms with Gasteiger partial charge in [0.05, 0.1) is 23.6 Å². The number of hydrogen-bond acceptors (Lipinski definition) is 5. The molecule has 24 heavy (non-hydrogen) atoms. The molecule has 2 aromatic rings. The van der Waals surface area contributed by atoms with Crippen LogP contribution in [0.1, 0.15) is 17.2 Å². The first kappa shape index (κ1) is 15.9. The van der Waals surface area contributed by atoms with Gasteiger partial charge in [-0.25, -0.2) is 0 Å². The van der Waals surface area contributed by atoms with E-state index in [2.05, 4.69) is 10.6 Å². The van der Waals surface area contributed by atoms with Crippen molar-refractivity contribution in [2.24, 2.45) is 0 Å². The van der Waals surface area contributed by atoms with E-state index >= 15 is 0 Å². The summed E-state index contributed by atoms with van der Waals surface area (Å²) in [5, 5.41) is 26.6. The molecule has 0 unspecified atom stereocenters. The molecule has 0 aromatic heterocycles. The second-order valence-corrected chi connectivity index (χ2v) is 5.64. The van der Waals surface area contributed by atoms with Crippen molar-refractivity contribution < 1.29 is 14.8 Å². The second-order valence-electron chi connectivity index (χ2n) is 5.64. The van der Waals surface area contributed by atoms with Crippen LogP contribution in [0.15, 0.2) is 48.5 Å². The van der Waals surface area contributed by atoms with Crippen LogP contribution in [0.5, 0.6) is 0 Å². The Labute approximate surface area is 138 Å². The van der Waals surface area contributed by atoms with Gasteiger partial charge in [-0.15, -0.1) is 0 Å². The first-order chi connectivity index (χ1) is 11.6. The highest BCUT2D eigenvalue weighted by Gasteiger charge is 2.31. The highest BCUT2D eigenvalue weighted by atomic mass is 16.6. The Kier molecular flexibility index (Phi) is 4.43. The van der Waals surface area contributed by atoms with Crippen LogP contribution in [0.4, 0.5) is 11.4 Å². The van der Waals surface area contributed by atoms with E-state index in [9.17, 15) is 20.0 Å². The smallest absolute Gasteiger partial charge is 0.292 e. The van der Waals surface area contributed by atoms with Crippen molar-refractivity contribution in [3.8, 4) is 0 Å².